The molecule has 0 aliphatic carbocycles. The molecule has 4 nitrogen and oxygen atoms in total. The van der Waals surface area contributed by atoms with Gasteiger partial charge in [-0.05, 0) is 25.0 Å². The Bertz CT molecular complexity index is 633. The summed E-state index contributed by atoms with van der Waals surface area (Å²) < 4.78 is 5.36. The number of hydrogen-bond donors (Lipinski definition) is 1. The van der Waals surface area contributed by atoms with E-state index in [4.69, 9.17) is 10.5 Å². The van der Waals surface area contributed by atoms with Gasteiger partial charge >= 0.3 is 0 Å². The monoisotopic (exact) mass is 270 g/mol. The van der Waals surface area contributed by atoms with Gasteiger partial charge < -0.3 is 10.5 Å². The van der Waals surface area contributed by atoms with Gasteiger partial charge in [-0.3, -0.25) is 9.78 Å². The van der Waals surface area contributed by atoms with Crippen LogP contribution in [0.5, 0.6) is 0 Å². The van der Waals surface area contributed by atoms with E-state index in [1.807, 2.05) is 30.3 Å². The minimum Gasteiger partial charge on any atom is -0.381 e. The number of hydrogen-bond acceptors (Lipinski definition) is 4. The third-order valence-corrected chi connectivity index (χ3v) is 4.17. The smallest absolute Gasteiger partial charge is 0.172 e. The molecule has 0 spiro atoms. The van der Waals surface area contributed by atoms with Crippen LogP contribution in [-0.4, -0.2) is 30.5 Å². The van der Waals surface area contributed by atoms with Crippen LogP contribution < -0.4 is 5.73 Å². The molecule has 1 aromatic carbocycles. The zero-order valence-corrected chi connectivity index (χ0v) is 11.3. The molecule has 104 valence electrons. The molecule has 20 heavy (non-hydrogen) atoms. The maximum atomic E-state index is 12.8. The molecule has 0 unspecified atom stereocenters. The Morgan fingerprint density at radius 2 is 2.05 bits per heavy atom. The predicted octanol–water partition coefficient (Wildman–Crippen LogP) is 2.17. The first-order valence-corrected chi connectivity index (χ1v) is 6.93. The molecule has 0 bridgehead atoms. The summed E-state index contributed by atoms with van der Waals surface area (Å²) in [6, 6.07) is 9.72. The van der Waals surface area contributed by atoms with Crippen molar-refractivity contribution >= 4 is 16.7 Å². The van der Waals surface area contributed by atoms with Crippen LogP contribution >= 0.6 is 0 Å². The maximum absolute atomic E-state index is 12.8. The molecule has 3 rings (SSSR count). The zero-order chi connectivity index (χ0) is 14.0. The predicted molar refractivity (Wildman–Crippen MR) is 77.6 cm³/mol. The molecule has 1 fully saturated rings. The third kappa shape index (κ3) is 2.21. The van der Waals surface area contributed by atoms with E-state index in [-0.39, 0.29) is 5.78 Å². The van der Waals surface area contributed by atoms with Gasteiger partial charge in [0, 0.05) is 36.9 Å². The molecule has 0 saturated carbocycles. The van der Waals surface area contributed by atoms with Crippen molar-refractivity contribution in [1.82, 2.24) is 4.98 Å². The van der Waals surface area contributed by atoms with Crippen molar-refractivity contribution in [3.63, 3.8) is 0 Å². The van der Waals surface area contributed by atoms with E-state index in [9.17, 15) is 4.79 Å². The van der Waals surface area contributed by atoms with Crippen LogP contribution in [0.4, 0.5) is 0 Å². The van der Waals surface area contributed by atoms with Crippen molar-refractivity contribution in [1.29, 1.82) is 0 Å². The second-order valence-electron chi connectivity index (χ2n) is 5.34. The van der Waals surface area contributed by atoms with Gasteiger partial charge in [0.2, 0.25) is 0 Å². The molecular weight excluding hydrogens is 252 g/mol. The molecular formula is C16H18N2O2. The van der Waals surface area contributed by atoms with E-state index in [0.717, 1.165) is 10.9 Å². The Balaban J connectivity index is 1.98. The van der Waals surface area contributed by atoms with Gasteiger partial charge in [-0.2, -0.15) is 0 Å². The highest BCUT2D eigenvalue weighted by molar-refractivity contribution is 6.02. The summed E-state index contributed by atoms with van der Waals surface area (Å²) in [6.07, 6.45) is 3.04. The molecule has 2 N–H and O–H groups in total. The third-order valence-electron chi connectivity index (χ3n) is 4.17. The summed E-state index contributed by atoms with van der Waals surface area (Å²) >= 11 is 0. The van der Waals surface area contributed by atoms with E-state index in [1.165, 1.54) is 0 Å². The molecule has 2 aromatic rings. The van der Waals surface area contributed by atoms with Crippen molar-refractivity contribution in [2.45, 2.75) is 12.8 Å². The number of fused-ring (bicyclic) bond motifs is 1. The van der Waals surface area contributed by atoms with Gasteiger partial charge in [-0.1, -0.05) is 18.2 Å². The van der Waals surface area contributed by atoms with Gasteiger partial charge in [0.25, 0.3) is 0 Å². The maximum Gasteiger partial charge on any atom is 0.172 e. The first-order valence-electron chi connectivity index (χ1n) is 6.93. The van der Waals surface area contributed by atoms with Crippen LogP contribution in [0.25, 0.3) is 10.9 Å². The van der Waals surface area contributed by atoms with Crippen LogP contribution in [0.2, 0.25) is 0 Å². The number of rotatable bonds is 3. The average Bonchev–Trinajstić information content (AvgIpc) is 2.54. The summed E-state index contributed by atoms with van der Waals surface area (Å²) in [7, 11) is 0. The van der Waals surface area contributed by atoms with Gasteiger partial charge in [0.15, 0.2) is 5.78 Å². The fourth-order valence-electron chi connectivity index (χ4n) is 2.79. The summed E-state index contributed by atoms with van der Waals surface area (Å²) in [6.45, 7) is 1.57. The number of ketones is 1. The van der Waals surface area contributed by atoms with Crippen molar-refractivity contribution < 1.29 is 9.53 Å². The highest BCUT2D eigenvalue weighted by Gasteiger charge is 2.39. The Morgan fingerprint density at radius 3 is 2.80 bits per heavy atom. The van der Waals surface area contributed by atoms with Crippen LogP contribution in [0, 0.1) is 5.41 Å². The van der Waals surface area contributed by atoms with Crippen LogP contribution in [-0.2, 0) is 4.74 Å². The lowest BCUT2D eigenvalue weighted by Gasteiger charge is -2.34. The standard InChI is InChI=1S/C16H18N2O2/c17-11-16(5-7-20-8-6-16)15(19)13-9-12-3-1-2-4-14(12)18-10-13/h1-4,9-10H,5-8,11,17H2. The van der Waals surface area contributed by atoms with E-state index in [2.05, 4.69) is 4.98 Å². The van der Waals surface area contributed by atoms with Gasteiger partial charge in [0.1, 0.15) is 0 Å². The fraction of sp³-hybridized carbons (Fsp3) is 0.375. The molecule has 2 heterocycles. The first kappa shape index (κ1) is 13.2. The quantitative estimate of drug-likeness (QED) is 0.868. The van der Waals surface area contributed by atoms with E-state index in [0.29, 0.717) is 38.2 Å². The number of carbonyl (C=O) groups is 1. The number of pyridine rings is 1. The molecule has 1 saturated heterocycles. The number of ether oxygens (including phenoxy) is 1. The number of aromatic nitrogens is 1. The summed E-state index contributed by atoms with van der Waals surface area (Å²) in [5, 5.41) is 0.984. The molecule has 1 aromatic heterocycles. The van der Waals surface area contributed by atoms with Crippen LogP contribution in [0.3, 0.4) is 0 Å². The fourth-order valence-corrected chi connectivity index (χ4v) is 2.79. The number of Topliss-reactive ketones (excluding diaryl/α,β-unsaturated/α-hetero) is 1. The lowest BCUT2D eigenvalue weighted by molar-refractivity contribution is 0.0200. The van der Waals surface area contributed by atoms with Crippen molar-refractivity contribution in [2.75, 3.05) is 19.8 Å². The van der Waals surface area contributed by atoms with Crippen molar-refractivity contribution in [3.8, 4) is 0 Å². The highest BCUT2D eigenvalue weighted by Crippen LogP contribution is 2.33. The van der Waals surface area contributed by atoms with E-state index in [1.54, 1.807) is 6.20 Å². The van der Waals surface area contributed by atoms with Crippen molar-refractivity contribution in [3.05, 3.63) is 42.1 Å². The number of benzene rings is 1. The minimum absolute atomic E-state index is 0.0987. The molecule has 1 aliphatic heterocycles. The van der Waals surface area contributed by atoms with E-state index < -0.39 is 5.41 Å². The topological polar surface area (TPSA) is 65.2 Å². The van der Waals surface area contributed by atoms with Crippen LogP contribution in [0.1, 0.15) is 23.2 Å². The zero-order valence-electron chi connectivity index (χ0n) is 11.3. The summed E-state index contributed by atoms with van der Waals surface area (Å²) in [5.74, 6) is 0.0987. The normalized spacial score (nSPS) is 18.1. The number of para-hydroxylation sites is 1. The molecule has 0 atom stereocenters. The lowest BCUT2D eigenvalue weighted by Crippen LogP contribution is -2.43. The summed E-state index contributed by atoms with van der Waals surface area (Å²) in [5.41, 5.74) is 6.96. The van der Waals surface area contributed by atoms with Crippen LogP contribution in [0.15, 0.2) is 36.5 Å². The highest BCUT2D eigenvalue weighted by atomic mass is 16.5. The average molecular weight is 270 g/mol. The summed E-state index contributed by atoms with van der Waals surface area (Å²) in [4.78, 5) is 17.2. The number of nitrogens with two attached hydrogens (primary N) is 1. The SMILES string of the molecule is NCC1(C(=O)c2cnc3ccccc3c2)CCOCC1. The van der Waals surface area contributed by atoms with Crippen molar-refractivity contribution in [2.24, 2.45) is 11.1 Å². The van der Waals surface area contributed by atoms with Gasteiger partial charge in [-0.25, -0.2) is 0 Å². The molecule has 0 radical (unpaired) electrons. The number of nitrogens with zero attached hydrogens (tertiary/aromatic N) is 1. The van der Waals surface area contributed by atoms with Gasteiger partial charge in [-0.15, -0.1) is 0 Å². The Labute approximate surface area is 117 Å². The minimum atomic E-state index is -0.484. The Kier molecular flexibility index (Phi) is 3.51. The second kappa shape index (κ2) is 5.31. The molecule has 1 aliphatic rings. The largest absolute Gasteiger partial charge is 0.381 e. The second-order valence-corrected chi connectivity index (χ2v) is 5.34. The molecule has 4 heteroatoms. The molecule has 0 amide bonds. The Hall–Kier alpha value is -1.78. The Morgan fingerprint density at radius 1 is 1.30 bits per heavy atom. The van der Waals surface area contributed by atoms with Gasteiger partial charge in [0.05, 0.1) is 10.9 Å². The number of carbonyl (C=O) groups excluding carboxylic acids is 1. The first-order chi connectivity index (χ1) is 9.75. The van der Waals surface area contributed by atoms with E-state index >= 15 is 0 Å². The lowest BCUT2D eigenvalue weighted by atomic mass is 9.74.